The van der Waals surface area contributed by atoms with Gasteiger partial charge in [0.15, 0.2) is 0 Å². The lowest BCUT2D eigenvalue weighted by Gasteiger charge is -2.40. The molecule has 3 unspecified atom stereocenters. The molecule has 0 aliphatic heterocycles. The number of rotatable bonds is 4. The van der Waals surface area contributed by atoms with E-state index in [1.807, 2.05) is 13.8 Å². The van der Waals surface area contributed by atoms with Crippen LogP contribution < -0.4 is 0 Å². The van der Waals surface area contributed by atoms with Gasteiger partial charge in [0.05, 0.1) is 12.6 Å². The number of hydrogen-bond donors (Lipinski definition) is 1. The zero-order chi connectivity index (χ0) is 13.1. The van der Waals surface area contributed by atoms with Crippen molar-refractivity contribution in [2.45, 2.75) is 57.9 Å². The van der Waals surface area contributed by atoms with Gasteiger partial charge < -0.3 is 5.11 Å². The summed E-state index contributed by atoms with van der Waals surface area (Å²) in [6.07, 6.45) is -1.94. The molecule has 0 aromatic carbocycles. The minimum atomic E-state index is -4.18. The summed E-state index contributed by atoms with van der Waals surface area (Å²) in [7, 11) is 0. The van der Waals surface area contributed by atoms with Crippen LogP contribution in [0.25, 0.3) is 0 Å². The zero-order valence-corrected chi connectivity index (χ0v) is 10.5. The fourth-order valence-corrected chi connectivity index (χ4v) is 2.61. The summed E-state index contributed by atoms with van der Waals surface area (Å²) in [6, 6.07) is -0.333. The zero-order valence-electron chi connectivity index (χ0n) is 10.5. The van der Waals surface area contributed by atoms with E-state index in [2.05, 4.69) is 0 Å². The van der Waals surface area contributed by atoms with E-state index >= 15 is 0 Å². The molecule has 0 saturated heterocycles. The molecule has 1 rings (SSSR count). The fourth-order valence-electron chi connectivity index (χ4n) is 2.61. The van der Waals surface area contributed by atoms with Crippen LogP contribution in [-0.2, 0) is 0 Å². The molecule has 1 saturated carbocycles. The minimum Gasteiger partial charge on any atom is -0.391 e. The molecule has 3 atom stereocenters. The van der Waals surface area contributed by atoms with Gasteiger partial charge in [-0.25, -0.2) is 0 Å². The lowest BCUT2D eigenvalue weighted by Crippen LogP contribution is -2.50. The summed E-state index contributed by atoms with van der Waals surface area (Å²) >= 11 is 0. The van der Waals surface area contributed by atoms with Crippen LogP contribution in [0.3, 0.4) is 0 Å². The number of hydrogen-bond acceptors (Lipinski definition) is 2. The highest BCUT2D eigenvalue weighted by Crippen LogP contribution is 2.30. The highest BCUT2D eigenvalue weighted by Gasteiger charge is 2.37. The number of halogens is 3. The van der Waals surface area contributed by atoms with E-state index < -0.39 is 18.8 Å². The summed E-state index contributed by atoms with van der Waals surface area (Å²) in [5.74, 6) is 0.399. The molecule has 0 heterocycles. The van der Waals surface area contributed by atoms with Gasteiger partial charge in [0.2, 0.25) is 0 Å². The van der Waals surface area contributed by atoms with Gasteiger partial charge in [0.25, 0.3) is 0 Å². The SMILES string of the molecule is CCCN(CC(F)(F)F)C1CC(C)CCC1O. The van der Waals surface area contributed by atoms with E-state index in [-0.39, 0.29) is 6.04 Å². The summed E-state index contributed by atoms with van der Waals surface area (Å²) in [4.78, 5) is 1.40. The first-order valence-corrected chi connectivity index (χ1v) is 6.32. The quantitative estimate of drug-likeness (QED) is 0.832. The van der Waals surface area contributed by atoms with Gasteiger partial charge in [0, 0.05) is 6.04 Å². The molecule has 0 aromatic rings. The molecule has 2 nitrogen and oxygen atoms in total. The van der Waals surface area contributed by atoms with Crippen LogP contribution in [0.15, 0.2) is 0 Å². The Labute approximate surface area is 101 Å². The van der Waals surface area contributed by atoms with Gasteiger partial charge in [-0.1, -0.05) is 13.8 Å². The Kier molecular flexibility index (Phi) is 5.25. The third kappa shape index (κ3) is 4.84. The van der Waals surface area contributed by atoms with Crippen LogP contribution in [0.2, 0.25) is 0 Å². The van der Waals surface area contributed by atoms with Gasteiger partial charge in [-0.15, -0.1) is 0 Å². The Balaban J connectivity index is 2.67. The van der Waals surface area contributed by atoms with Crippen LogP contribution in [0.4, 0.5) is 13.2 Å². The molecule has 1 N–H and O–H groups in total. The van der Waals surface area contributed by atoms with Crippen LogP contribution in [-0.4, -0.2) is 41.4 Å². The third-order valence-corrected chi connectivity index (χ3v) is 3.41. The molecule has 17 heavy (non-hydrogen) atoms. The van der Waals surface area contributed by atoms with Crippen molar-refractivity contribution < 1.29 is 18.3 Å². The highest BCUT2D eigenvalue weighted by atomic mass is 19.4. The maximum atomic E-state index is 12.5. The normalized spacial score (nSPS) is 30.9. The minimum absolute atomic E-state index is 0.333. The van der Waals surface area contributed by atoms with Crippen LogP contribution in [0.5, 0.6) is 0 Å². The smallest absolute Gasteiger partial charge is 0.391 e. The van der Waals surface area contributed by atoms with Crippen LogP contribution >= 0.6 is 0 Å². The standard InChI is InChI=1S/C12H22F3NO/c1-3-6-16(8-12(13,14)15)10-7-9(2)4-5-11(10)17/h9-11,17H,3-8H2,1-2H3. The molecule has 0 amide bonds. The second kappa shape index (κ2) is 6.05. The van der Waals surface area contributed by atoms with E-state index in [1.54, 1.807) is 0 Å². The van der Waals surface area contributed by atoms with Gasteiger partial charge in [-0.2, -0.15) is 13.2 Å². The van der Waals surface area contributed by atoms with E-state index in [9.17, 15) is 18.3 Å². The molecule has 0 spiro atoms. The molecule has 0 bridgehead atoms. The third-order valence-electron chi connectivity index (χ3n) is 3.41. The Bertz CT molecular complexity index is 232. The fraction of sp³-hybridized carbons (Fsp3) is 1.00. The first kappa shape index (κ1) is 14.8. The highest BCUT2D eigenvalue weighted by molar-refractivity contribution is 4.86. The van der Waals surface area contributed by atoms with Crippen molar-refractivity contribution >= 4 is 0 Å². The van der Waals surface area contributed by atoms with Gasteiger partial charge in [0.1, 0.15) is 0 Å². The maximum Gasteiger partial charge on any atom is 0.401 e. The van der Waals surface area contributed by atoms with Gasteiger partial charge in [-0.05, 0) is 38.1 Å². The topological polar surface area (TPSA) is 23.5 Å². The molecule has 0 radical (unpaired) electrons. The molecular weight excluding hydrogens is 231 g/mol. The lowest BCUT2D eigenvalue weighted by molar-refractivity contribution is -0.158. The Morgan fingerprint density at radius 3 is 2.47 bits per heavy atom. The first-order chi connectivity index (χ1) is 7.83. The molecule has 1 aliphatic rings. The first-order valence-electron chi connectivity index (χ1n) is 6.32. The molecule has 1 fully saturated rings. The number of alkyl halides is 3. The van der Waals surface area contributed by atoms with Crippen molar-refractivity contribution in [2.24, 2.45) is 5.92 Å². The van der Waals surface area contributed by atoms with E-state index in [0.717, 1.165) is 6.42 Å². The van der Waals surface area contributed by atoms with E-state index in [4.69, 9.17) is 0 Å². The summed E-state index contributed by atoms with van der Waals surface area (Å²) in [6.45, 7) is 3.39. The summed E-state index contributed by atoms with van der Waals surface area (Å²) < 4.78 is 37.5. The second-order valence-corrected chi connectivity index (χ2v) is 5.14. The monoisotopic (exact) mass is 253 g/mol. The van der Waals surface area contributed by atoms with Crippen LogP contribution in [0.1, 0.15) is 39.5 Å². The Hall–Kier alpha value is -0.290. The van der Waals surface area contributed by atoms with Crippen molar-refractivity contribution in [1.29, 1.82) is 0 Å². The molecular formula is C12H22F3NO. The number of aliphatic hydroxyl groups excluding tert-OH is 1. The Morgan fingerprint density at radius 1 is 1.29 bits per heavy atom. The average Bonchev–Trinajstić information content (AvgIpc) is 2.19. The number of aliphatic hydroxyl groups is 1. The second-order valence-electron chi connectivity index (χ2n) is 5.14. The molecule has 102 valence electrons. The predicted molar refractivity (Wildman–Crippen MR) is 60.7 cm³/mol. The number of nitrogens with zero attached hydrogens (tertiary/aromatic N) is 1. The van der Waals surface area contributed by atoms with Crippen molar-refractivity contribution in [2.75, 3.05) is 13.1 Å². The van der Waals surface area contributed by atoms with Crippen LogP contribution in [0, 0.1) is 5.92 Å². The van der Waals surface area contributed by atoms with Crippen molar-refractivity contribution in [3.8, 4) is 0 Å². The predicted octanol–water partition coefficient (Wildman–Crippen LogP) is 2.81. The molecule has 5 heteroatoms. The molecule has 1 aliphatic carbocycles. The Morgan fingerprint density at radius 2 is 1.94 bits per heavy atom. The van der Waals surface area contributed by atoms with Crippen molar-refractivity contribution in [1.82, 2.24) is 4.90 Å². The van der Waals surface area contributed by atoms with Gasteiger partial charge in [-0.3, -0.25) is 4.90 Å². The summed E-state index contributed by atoms with van der Waals surface area (Å²) in [5, 5.41) is 9.87. The maximum absolute atomic E-state index is 12.5. The van der Waals surface area contributed by atoms with E-state index in [1.165, 1.54) is 4.90 Å². The average molecular weight is 253 g/mol. The summed E-state index contributed by atoms with van der Waals surface area (Å²) in [5.41, 5.74) is 0. The van der Waals surface area contributed by atoms with E-state index in [0.29, 0.717) is 31.7 Å². The molecule has 0 aromatic heterocycles. The van der Waals surface area contributed by atoms with Gasteiger partial charge >= 0.3 is 6.18 Å². The largest absolute Gasteiger partial charge is 0.401 e. The van der Waals surface area contributed by atoms with Crippen molar-refractivity contribution in [3.05, 3.63) is 0 Å². The van der Waals surface area contributed by atoms with Crippen molar-refractivity contribution in [3.63, 3.8) is 0 Å². The lowest BCUT2D eigenvalue weighted by atomic mass is 9.84.